The van der Waals surface area contributed by atoms with E-state index in [1.54, 1.807) is 12.1 Å². The summed E-state index contributed by atoms with van der Waals surface area (Å²) in [4.78, 5) is 11.2. The molecular formula is C14H15ClN2O2S. The second-order valence-corrected chi connectivity index (χ2v) is 5.98. The molecule has 6 heteroatoms. The van der Waals surface area contributed by atoms with Gasteiger partial charge in [-0.05, 0) is 30.2 Å². The van der Waals surface area contributed by atoms with Crippen molar-refractivity contribution in [2.75, 3.05) is 0 Å². The summed E-state index contributed by atoms with van der Waals surface area (Å²) in [6.07, 6.45) is 0.924. The molecule has 0 aliphatic rings. The van der Waals surface area contributed by atoms with Crippen molar-refractivity contribution in [3.05, 3.63) is 62.0 Å². The van der Waals surface area contributed by atoms with Gasteiger partial charge in [0.15, 0.2) is 0 Å². The number of rotatable bonds is 6. The molecule has 1 aromatic carbocycles. The van der Waals surface area contributed by atoms with Crippen molar-refractivity contribution in [2.45, 2.75) is 25.9 Å². The summed E-state index contributed by atoms with van der Waals surface area (Å²) in [5.74, 6) is 0. The molecule has 0 saturated heterocycles. The molecule has 20 heavy (non-hydrogen) atoms. The Morgan fingerprint density at radius 2 is 2.20 bits per heavy atom. The normalized spacial score (nSPS) is 12.3. The van der Waals surface area contributed by atoms with Gasteiger partial charge in [0.1, 0.15) is 0 Å². The first-order chi connectivity index (χ1) is 9.60. The monoisotopic (exact) mass is 310 g/mol. The quantitative estimate of drug-likeness (QED) is 0.629. The molecular weight excluding hydrogens is 296 g/mol. The summed E-state index contributed by atoms with van der Waals surface area (Å²) in [6.45, 7) is 2.71. The van der Waals surface area contributed by atoms with Gasteiger partial charge in [0.25, 0.3) is 0 Å². The molecule has 0 radical (unpaired) electrons. The van der Waals surface area contributed by atoms with Crippen LogP contribution >= 0.6 is 22.9 Å². The van der Waals surface area contributed by atoms with Crippen LogP contribution in [-0.2, 0) is 6.54 Å². The lowest BCUT2D eigenvalue weighted by Crippen LogP contribution is -2.19. The topological polar surface area (TPSA) is 55.2 Å². The van der Waals surface area contributed by atoms with Gasteiger partial charge in [0.2, 0.25) is 0 Å². The average molecular weight is 311 g/mol. The first-order valence-corrected chi connectivity index (χ1v) is 7.51. The molecule has 0 spiro atoms. The molecule has 1 unspecified atom stereocenters. The van der Waals surface area contributed by atoms with Crippen LogP contribution in [0.4, 0.5) is 5.00 Å². The minimum absolute atomic E-state index is 0.178. The maximum atomic E-state index is 10.6. The first kappa shape index (κ1) is 15.0. The first-order valence-electron chi connectivity index (χ1n) is 6.32. The molecule has 1 N–H and O–H groups in total. The fourth-order valence-electron chi connectivity index (χ4n) is 2.00. The highest BCUT2D eigenvalue weighted by Gasteiger charge is 2.12. The molecule has 1 heterocycles. The van der Waals surface area contributed by atoms with Crippen molar-refractivity contribution in [3.8, 4) is 0 Å². The predicted molar refractivity (Wildman–Crippen MR) is 82.3 cm³/mol. The molecule has 0 saturated carbocycles. The summed E-state index contributed by atoms with van der Waals surface area (Å²) < 4.78 is 0. The Balaban J connectivity index is 2.01. The summed E-state index contributed by atoms with van der Waals surface area (Å²) in [5, 5.41) is 15.0. The van der Waals surface area contributed by atoms with Crippen LogP contribution in [0.15, 0.2) is 36.4 Å². The number of hydrogen-bond donors (Lipinski definition) is 1. The summed E-state index contributed by atoms with van der Waals surface area (Å²) in [6, 6.07) is 11.3. The number of benzene rings is 1. The number of nitrogens with zero attached hydrogens (tertiary/aromatic N) is 1. The van der Waals surface area contributed by atoms with Gasteiger partial charge in [0.05, 0.1) is 4.92 Å². The van der Waals surface area contributed by atoms with Gasteiger partial charge in [-0.2, -0.15) is 0 Å². The molecule has 2 aromatic rings. The third kappa shape index (κ3) is 3.79. The van der Waals surface area contributed by atoms with Crippen LogP contribution in [0.5, 0.6) is 0 Å². The highest BCUT2D eigenvalue weighted by atomic mass is 35.5. The largest absolute Gasteiger partial charge is 0.324 e. The summed E-state index contributed by atoms with van der Waals surface area (Å²) >= 11 is 7.20. The summed E-state index contributed by atoms with van der Waals surface area (Å²) in [7, 11) is 0. The third-order valence-corrected chi connectivity index (χ3v) is 4.28. The molecule has 1 aromatic heterocycles. The zero-order valence-corrected chi connectivity index (χ0v) is 12.6. The van der Waals surface area contributed by atoms with Gasteiger partial charge in [-0.15, -0.1) is 0 Å². The SMILES string of the molecule is CCC(NCc1ccc([N+](=O)[O-])s1)c1cccc(Cl)c1. The second kappa shape index (κ2) is 6.83. The Morgan fingerprint density at radius 1 is 1.40 bits per heavy atom. The van der Waals surface area contributed by atoms with Gasteiger partial charge in [-0.25, -0.2) is 0 Å². The molecule has 0 bridgehead atoms. The van der Waals surface area contributed by atoms with E-state index < -0.39 is 0 Å². The van der Waals surface area contributed by atoms with Gasteiger partial charge < -0.3 is 5.32 Å². The van der Waals surface area contributed by atoms with E-state index in [0.29, 0.717) is 6.54 Å². The number of halogens is 1. The standard InChI is InChI=1S/C14H15ClN2O2S/c1-2-13(10-4-3-5-11(15)8-10)16-9-12-6-7-14(20-12)17(18)19/h3-8,13,16H,2,9H2,1H3. The van der Waals surface area contributed by atoms with Crippen LogP contribution in [-0.4, -0.2) is 4.92 Å². The predicted octanol–water partition coefficient (Wildman–Crippen LogP) is 4.55. The van der Waals surface area contributed by atoms with E-state index in [9.17, 15) is 10.1 Å². The van der Waals surface area contributed by atoms with Gasteiger partial charge in [-0.3, -0.25) is 10.1 Å². The Morgan fingerprint density at radius 3 is 2.80 bits per heavy atom. The third-order valence-electron chi connectivity index (χ3n) is 3.01. The van der Waals surface area contributed by atoms with E-state index >= 15 is 0 Å². The number of hydrogen-bond acceptors (Lipinski definition) is 4. The highest BCUT2D eigenvalue weighted by molar-refractivity contribution is 7.15. The fraction of sp³-hybridized carbons (Fsp3) is 0.286. The Labute approximate surface area is 126 Å². The van der Waals surface area contributed by atoms with Crippen LogP contribution < -0.4 is 5.32 Å². The van der Waals surface area contributed by atoms with E-state index in [1.807, 2.05) is 24.3 Å². The zero-order chi connectivity index (χ0) is 14.5. The number of thiophene rings is 1. The lowest BCUT2D eigenvalue weighted by Gasteiger charge is -2.17. The van der Waals surface area contributed by atoms with Crippen LogP contribution in [0.1, 0.15) is 29.8 Å². The minimum Gasteiger partial charge on any atom is -0.305 e. The molecule has 2 rings (SSSR count). The highest BCUT2D eigenvalue weighted by Crippen LogP contribution is 2.25. The second-order valence-electron chi connectivity index (χ2n) is 4.39. The van der Waals surface area contributed by atoms with Crippen molar-refractivity contribution in [3.63, 3.8) is 0 Å². The van der Waals surface area contributed by atoms with E-state index in [2.05, 4.69) is 12.2 Å². The van der Waals surface area contributed by atoms with Crippen molar-refractivity contribution in [2.24, 2.45) is 0 Å². The number of nitro groups is 1. The molecule has 0 aliphatic carbocycles. The minimum atomic E-state index is -0.359. The van der Waals surface area contributed by atoms with Gasteiger partial charge in [-0.1, -0.05) is 42.0 Å². The molecule has 1 atom stereocenters. The molecule has 0 amide bonds. The van der Waals surface area contributed by atoms with Crippen LogP contribution in [0.3, 0.4) is 0 Å². The lowest BCUT2D eigenvalue weighted by atomic mass is 10.0. The molecule has 0 aliphatic heterocycles. The van der Waals surface area contributed by atoms with E-state index in [0.717, 1.165) is 21.9 Å². The van der Waals surface area contributed by atoms with E-state index in [4.69, 9.17) is 11.6 Å². The van der Waals surface area contributed by atoms with Crippen LogP contribution in [0.2, 0.25) is 5.02 Å². The number of nitrogens with one attached hydrogen (secondary N) is 1. The lowest BCUT2D eigenvalue weighted by molar-refractivity contribution is -0.380. The van der Waals surface area contributed by atoms with Crippen molar-refractivity contribution >= 4 is 27.9 Å². The van der Waals surface area contributed by atoms with Crippen LogP contribution in [0.25, 0.3) is 0 Å². The maximum Gasteiger partial charge on any atom is 0.324 e. The maximum absolute atomic E-state index is 10.6. The van der Waals surface area contributed by atoms with Crippen LogP contribution in [0, 0.1) is 10.1 Å². The zero-order valence-electron chi connectivity index (χ0n) is 11.0. The Kier molecular flexibility index (Phi) is 5.11. The smallest absolute Gasteiger partial charge is 0.305 e. The van der Waals surface area contributed by atoms with Crippen molar-refractivity contribution < 1.29 is 4.92 Å². The molecule has 4 nitrogen and oxygen atoms in total. The van der Waals surface area contributed by atoms with E-state index in [1.165, 1.54) is 11.3 Å². The average Bonchev–Trinajstić information content (AvgIpc) is 2.88. The fourth-order valence-corrected chi connectivity index (χ4v) is 2.97. The van der Waals surface area contributed by atoms with Crippen molar-refractivity contribution in [1.82, 2.24) is 5.32 Å². The summed E-state index contributed by atoms with van der Waals surface area (Å²) in [5.41, 5.74) is 1.13. The van der Waals surface area contributed by atoms with Crippen molar-refractivity contribution in [1.29, 1.82) is 0 Å². The van der Waals surface area contributed by atoms with Gasteiger partial charge >= 0.3 is 5.00 Å². The Hall–Kier alpha value is -1.43. The Bertz CT molecular complexity index is 600. The van der Waals surface area contributed by atoms with E-state index in [-0.39, 0.29) is 16.0 Å². The molecule has 0 fully saturated rings. The molecule has 106 valence electrons. The van der Waals surface area contributed by atoms with Gasteiger partial charge in [0, 0.05) is 28.6 Å².